The van der Waals surface area contributed by atoms with Crippen molar-refractivity contribution >= 4 is 23.9 Å². The highest BCUT2D eigenvalue weighted by molar-refractivity contribution is 5.97. The summed E-state index contributed by atoms with van der Waals surface area (Å²) < 4.78 is 10.7. The highest BCUT2D eigenvalue weighted by atomic mass is 16.5. The monoisotopic (exact) mass is 460 g/mol. The van der Waals surface area contributed by atoms with E-state index >= 15 is 0 Å². The van der Waals surface area contributed by atoms with Gasteiger partial charge in [0.25, 0.3) is 0 Å². The molecule has 0 fully saturated rings. The smallest absolute Gasteiger partial charge is 0.342 e. The Bertz CT molecular complexity index is 836. The third kappa shape index (κ3) is 9.55. The number of esters is 1. The lowest BCUT2D eigenvalue weighted by Gasteiger charge is -2.16. The van der Waals surface area contributed by atoms with Crippen LogP contribution in [0.2, 0.25) is 0 Å². The molecule has 1 heterocycles. The van der Waals surface area contributed by atoms with E-state index in [0.29, 0.717) is 43.7 Å². The van der Waals surface area contributed by atoms with Crippen molar-refractivity contribution in [2.45, 2.75) is 70.8 Å². The third-order valence-electron chi connectivity index (χ3n) is 5.48. The van der Waals surface area contributed by atoms with Crippen LogP contribution in [-0.4, -0.2) is 49.2 Å². The fraction of sp³-hybridized carbons (Fsp3) is 0.560. The van der Waals surface area contributed by atoms with Crippen LogP contribution in [0, 0.1) is 0 Å². The van der Waals surface area contributed by atoms with Crippen molar-refractivity contribution in [1.29, 1.82) is 0 Å². The van der Waals surface area contributed by atoms with Gasteiger partial charge in [0.1, 0.15) is 17.1 Å². The summed E-state index contributed by atoms with van der Waals surface area (Å²) in [7, 11) is 1.46. The molecule has 1 aromatic rings. The van der Waals surface area contributed by atoms with E-state index in [1.54, 1.807) is 25.1 Å². The Balaban J connectivity index is 2.14. The summed E-state index contributed by atoms with van der Waals surface area (Å²) in [6.07, 6.45) is 9.46. The molecule has 2 amide bonds. The van der Waals surface area contributed by atoms with E-state index in [2.05, 4.69) is 10.6 Å². The number of ether oxygens (including phenoxy) is 2. The van der Waals surface area contributed by atoms with Crippen LogP contribution in [0.1, 0.15) is 80.6 Å². The number of carbonyl (C=O) groups excluding carboxylic acids is 3. The van der Waals surface area contributed by atoms with Crippen molar-refractivity contribution in [2.24, 2.45) is 0 Å². The summed E-state index contributed by atoms with van der Waals surface area (Å²) in [5, 5.41) is 16.2. The number of aromatic hydroxyl groups is 1. The highest BCUT2D eigenvalue weighted by Crippen LogP contribution is 2.30. The zero-order chi connectivity index (χ0) is 24.1. The maximum atomic E-state index is 12.8. The van der Waals surface area contributed by atoms with Gasteiger partial charge in [0.15, 0.2) is 0 Å². The van der Waals surface area contributed by atoms with Gasteiger partial charge in [-0.1, -0.05) is 31.4 Å². The van der Waals surface area contributed by atoms with Gasteiger partial charge in [0.2, 0.25) is 11.8 Å². The average Bonchev–Trinajstić information content (AvgIpc) is 2.76. The second kappa shape index (κ2) is 14.2. The van der Waals surface area contributed by atoms with Gasteiger partial charge in [0.05, 0.1) is 13.2 Å². The number of carbonyl (C=O) groups is 3. The largest absolute Gasteiger partial charge is 0.507 e. The first-order valence-corrected chi connectivity index (χ1v) is 11.7. The number of nitrogens with one attached hydrogen (secondary N) is 2. The van der Waals surface area contributed by atoms with E-state index in [9.17, 15) is 19.5 Å². The first-order chi connectivity index (χ1) is 15.9. The number of cyclic esters (lactones) is 1. The van der Waals surface area contributed by atoms with Crippen LogP contribution in [0.5, 0.6) is 11.5 Å². The Labute approximate surface area is 195 Å². The molecule has 2 rings (SSSR count). The topological polar surface area (TPSA) is 114 Å². The Morgan fingerprint density at radius 3 is 2.33 bits per heavy atom. The molecule has 8 heteroatoms. The van der Waals surface area contributed by atoms with Gasteiger partial charge in [-0.25, -0.2) is 4.79 Å². The molecule has 0 radical (unpaired) electrons. The van der Waals surface area contributed by atoms with E-state index in [1.807, 2.05) is 0 Å². The van der Waals surface area contributed by atoms with Gasteiger partial charge in [-0.3, -0.25) is 9.59 Å². The number of amides is 2. The molecule has 0 aromatic heterocycles. The maximum Gasteiger partial charge on any atom is 0.342 e. The van der Waals surface area contributed by atoms with Gasteiger partial charge in [-0.2, -0.15) is 0 Å². The minimum Gasteiger partial charge on any atom is -0.507 e. The number of hydrogen-bond acceptors (Lipinski definition) is 6. The van der Waals surface area contributed by atoms with E-state index in [1.165, 1.54) is 13.2 Å². The number of fused-ring (bicyclic) bond motifs is 1. The molecule has 8 nitrogen and oxygen atoms in total. The molecule has 0 spiro atoms. The first kappa shape index (κ1) is 26.2. The molecule has 1 aliphatic heterocycles. The number of methoxy groups -OCH3 is 1. The van der Waals surface area contributed by atoms with Crippen LogP contribution in [0.25, 0.3) is 6.08 Å². The van der Waals surface area contributed by atoms with Crippen molar-refractivity contribution < 1.29 is 29.0 Å². The van der Waals surface area contributed by atoms with Crippen molar-refractivity contribution in [3.8, 4) is 11.5 Å². The number of rotatable bonds is 1. The van der Waals surface area contributed by atoms with Crippen LogP contribution in [0.4, 0.5) is 0 Å². The molecule has 0 saturated carbocycles. The SMILES string of the molecule is COc1cc(O)c2c(c1)/C=C/CC(=O)NCCCCCCCNC(=O)CCC[C@H](C)OC2=O. The quantitative estimate of drug-likeness (QED) is 0.551. The molecular formula is C25H36N2O6. The second-order valence-corrected chi connectivity index (χ2v) is 8.29. The fourth-order valence-electron chi connectivity index (χ4n) is 3.63. The lowest BCUT2D eigenvalue weighted by Crippen LogP contribution is -2.25. The molecule has 0 saturated heterocycles. The summed E-state index contributed by atoms with van der Waals surface area (Å²) in [6.45, 7) is 3.03. The van der Waals surface area contributed by atoms with Crippen molar-refractivity contribution in [3.63, 3.8) is 0 Å². The molecule has 1 aliphatic rings. The van der Waals surface area contributed by atoms with Gasteiger partial charge in [0, 0.05) is 32.0 Å². The molecule has 0 aliphatic carbocycles. The van der Waals surface area contributed by atoms with E-state index in [-0.39, 0.29) is 29.5 Å². The minimum absolute atomic E-state index is 0.00129. The van der Waals surface area contributed by atoms with Gasteiger partial charge in [-0.05, 0) is 44.2 Å². The molecule has 1 aromatic carbocycles. The van der Waals surface area contributed by atoms with Gasteiger partial charge in [-0.15, -0.1) is 0 Å². The van der Waals surface area contributed by atoms with Crippen LogP contribution < -0.4 is 15.4 Å². The van der Waals surface area contributed by atoms with E-state index in [4.69, 9.17) is 9.47 Å². The van der Waals surface area contributed by atoms with Crippen LogP contribution >= 0.6 is 0 Å². The predicted octanol–water partition coefficient (Wildman–Crippen LogP) is 3.72. The van der Waals surface area contributed by atoms with E-state index in [0.717, 1.165) is 32.1 Å². The summed E-state index contributed by atoms with van der Waals surface area (Å²) in [5.74, 6) is -0.656. The van der Waals surface area contributed by atoms with Gasteiger partial charge < -0.3 is 25.2 Å². The lowest BCUT2D eigenvalue weighted by molar-refractivity contribution is -0.121. The number of phenolic OH excluding ortho intramolecular Hbond substituents is 1. The Hall–Kier alpha value is -3.03. The van der Waals surface area contributed by atoms with Crippen LogP contribution in [0.15, 0.2) is 18.2 Å². The summed E-state index contributed by atoms with van der Waals surface area (Å²) >= 11 is 0. The molecule has 0 bridgehead atoms. The maximum absolute atomic E-state index is 12.8. The second-order valence-electron chi connectivity index (χ2n) is 8.29. The molecular weight excluding hydrogens is 424 g/mol. The summed E-state index contributed by atoms with van der Waals surface area (Å²) in [4.78, 5) is 36.9. The minimum atomic E-state index is -0.668. The average molecular weight is 461 g/mol. The third-order valence-corrected chi connectivity index (χ3v) is 5.48. The fourth-order valence-corrected chi connectivity index (χ4v) is 3.63. The van der Waals surface area contributed by atoms with Crippen molar-refractivity contribution in [3.05, 3.63) is 29.3 Å². The van der Waals surface area contributed by atoms with Crippen molar-refractivity contribution in [2.75, 3.05) is 20.2 Å². The molecule has 33 heavy (non-hydrogen) atoms. The Morgan fingerprint density at radius 2 is 1.64 bits per heavy atom. The number of benzene rings is 1. The zero-order valence-corrected chi connectivity index (χ0v) is 19.7. The normalized spacial score (nSPS) is 21.3. The standard InChI is InChI=1S/C25H36N2O6/c1-18-10-8-12-22(29)26-14-6-4-3-5-7-15-27-23(30)13-9-11-19-16-20(32-2)17-21(28)24(19)25(31)33-18/h9,11,16-18,28H,3-8,10,12-15H2,1-2H3,(H,26,29)(H,27,30)/b11-9+/t18-/m0/s1. The van der Waals surface area contributed by atoms with Crippen LogP contribution in [-0.2, 0) is 14.3 Å². The van der Waals surface area contributed by atoms with Crippen molar-refractivity contribution in [1.82, 2.24) is 10.6 Å². The summed E-state index contributed by atoms with van der Waals surface area (Å²) in [6, 6.07) is 2.96. The molecule has 1 atom stereocenters. The number of hydrogen-bond donors (Lipinski definition) is 3. The summed E-state index contributed by atoms with van der Waals surface area (Å²) in [5.41, 5.74) is 0.414. The molecule has 0 unspecified atom stereocenters. The lowest BCUT2D eigenvalue weighted by atomic mass is 10.0. The zero-order valence-electron chi connectivity index (χ0n) is 19.7. The Morgan fingerprint density at radius 1 is 0.970 bits per heavy atom. The van der Waals surface area contributed by atoms with Gasteiger partial charge >= 0.3 is 5.97 Å². The first-order valence-electron chi connectivity index (χ1n) is 11.7. The highest BCUT2D eigenvalue weighted by Gasteiger charge is 2.21. The Kier molecular flexibility index (Phi) is 11.3. The molecule has 3 N–H and O–H groups in total. The van der Waals surface area contributed by atoms with Crippen LogP contribution in [0.3, 0.4) is 0 Å². The molecule has 182 valence electrons. The predicted molar refractivity (Wildman–Crippen MR) is 126 cm³/mol. The van der Waals surface area contributed by atoms with E-state index < -0.39 is 12.1 Å². The number of phenols is 1.